The van der Waals surface area contributed by atoms with Crippen molar-refractivity contribution in [2.24, 2.45) is 0 Å². The fourth-order valence-electron chi connectivity index (χ4n) is 2.12. The van der Waals surface area contributed by atoms with Gasteiger partial charge in [-0.15, -0.1) is 0 Å². The van der Waals surface area contributed by atoms with Crippen molar-refractivity contribution >= 4 is 23.0 Å². The maximum atomic E-state index is 12.1. The van der Waals surface area contributed by atoms with Gasteiger partial charge in [0.25, 0.3) is 5.91 Å². The molecule has 5 heteroatoms. The smallest absolute Gasteiger partial charge is 0.252 e. The van der Waals surface area contributed by atoms with Gasteiger partial charge in [0.05, 0.1) is 17.4 Å². The van der Waals surface area contributed by atoms with Gasteiger partial charge in [-0.25, -0.2) is 0 Å². The minimum absolute atomic E-state index is 0.0856. The average Bonchev–Trinajstić information content (AvgIpc) is 2.56. The molecule has 0 saturated carbocycles. The van der Waals surface area contributed by atoms with Crippen LogP contribution in [-0.4, -0.2) is 31.5 Å². The number of nitrogens with one attached hydrogen (secondary N) is 2. The zero-order valence-electron chi connectivity index (χ0n) is 14.0. The van der Waals surface area contributed by atoms with Gasteiger partial charge in [-0.2, -0.15) is 0 Å². The highest BCUT2D eigenvalue weighted by atomic mass is 16.1. The predicted molar refractivity (Wildman–Crippen MR) is 95.5 cm³/mol. The van der Waals surface area contributed by atoms with Gasteiger partial charge >= 0.3 is 0 Å². The first-order valence-electron chi connectivity index (χ1n) is 7.88. The summed E-state index contributed by atoms with van der Waals surface area (Å²) in [6.45, 7) is 2.79. The largest absolute Gasteiger partial charge is 0.378 e. The molecule has 0 unspecified atom stereocenters. The lowest BCUT2D eigenvalue weighted by atomic mass is 10.2. The number of amides is 1. The Balaban J connectivity index is 2.03. The van der Waals surface area contributed by atoms with Crippen molar-refractivity contribution in [1.29, 1.82) is 0 Å². The highest BCUT2D eigenvalue weighted by molar-refractivity contribution is 5.94. The SMILES string of the molecule is CCCCNC(=O)c1cncc(Nc2ccc(N(C)C)cc2)c1. The first-order valence-corrected chi connectivity index (χ1v) is 7.88. The summed E-state index contributed by atoms with van der Waals surface area (Å²) in [7, 11) is 4.01. The number of rotatable bonds is 7. The zero-order chi connectivity index (χ0) is 16.7. The van der Waals surface area contributed by atoms with Crippen LogP contribution in [-0.2, 0) is 0 Å². The summed E-state index contributed by atoms with van der Waals surface area (Å²) >= 11 is 0. The molecule has 23 heavy (non-hydrogen) atoms. The lowest BCUT2D eigenvalue weighted by Gasteiger charge is -2.13. The molecule has 1 amide bonds. The summed E-state index contributed by atoms with van der Waals surface area (Å²) in [5.74, 6) is -0.0856. The Morgan fingerprint density at radius 3 is 2.52 bits per heavy atom. The van der Waals surface area contributed by atoms with Crippen molar-refractivity contribution in [3.8, 4) is 0 Å². The van der Waals surface area contributed by atoms with Crippen molar-refractivity contribution in [2.75, 3.05) is 30.9 Å². The van der Waals surface area contributed by atoms with E-state index in [4.69, 9.17) is 0 Å². The molecule has 1 aromatic carbocycles. The van der Waals surface area contributed by atoms with E-state index >= 15 is 0 Å². The second-order valence-corrected chi connectivity index (χ2v) is 5.64. The van der Waals surface area contributed by atoms with Gasteiger partial charge in [0, 0.05) is 38.2 Å². The third kappa shape index (κ3) is 4.98. The molecule has 0 aliphatic heterocycles. The summed E-state index contributed by atoms with van der Waals surface area (Å²) in [5, 5.41) is 6.17. The number of hydrogen-bond acceptors (Lipinski definition) is 4. The lowest BCUT2D eigenvalue weighted by molar-refractivity contribution is 0.0953. The Labute approximate surface area is 137 Å². The van der Waals surface area contributed by atoms with Crippen LogP contribution in [0.2, 0.25) is 0 Å². The summed E-state index contributed by atoms with van der Waals surface area (Å²) in [6.07, 6.45) is 5.34. The van der Waals surface area contributed by atoms with E-state index in [0.717, 1.165) is 29.9 Å². The minimum atomic E-state index is -0.0856. The quantitative estimate of drug-likeness (QED) is 0.769. The summed E-state index contributed by atoms with van der Waals surface area (Å²) in [4.78, 5) is 18.3. The molecule has 0 bridgehead atoms. The molecule has 0 aliphatic carbocycles. The molecule has 0 atom stereocenters. The zero-order valence-corrected chi connectivity index (χ0v) is 14.0. The predicted octanol–water partition coefficient (Wildman–Crippen LogP) is 3.42. The Morgan fingerprint density at radius 1 is 1.13 bits per heavy atom. The molecule has 5 nitrogen and oxygen atoms in total. The second kappa shape index (κ2) is 8.17. The Morgan fingerprint density at radius 2 is 1.87 bits per heavy atom. The molecule has 0 radical (unpaired) electrons. The highest BCUT2D eigenvalue weighted by Crippen LogP contribution is 2.20. The van der Waals surface area contributed by atoms with Crippen molar-refractivity contribution in [3.63, 3.8) is 0 Å². The molecular weight excluding hydrogens is 288 g/mol. The van der Waals surface area contributed by atoms with E-state index in [1.165, 1.54) is 0 Å². The molecule has 0 fully saturated rings. The molecule has 1 aromatic heterocycles. The van der Waals surface area contributed by atoms with Crippen LogP contribution in [0.4, 0.5) is 17.1 Å². The van der Waals surface area contributed by atoms with Crippen LogP contribution >= 0.6 is 0 Å². The van der Waals surface area contributed by atoms with Crippen molar-refractivity contribution in [1.82, 2.24) is 10.3 Å². The van der Waals surface area contributed by atoms with Gasteiger partial charge in [0.1, 0.15) is 0 Å². The van der Waals surface area contributed by atoms with Crippen LogP contribution < -0.4 is 15.5 Å². The maximum absolute atomic E-state index is 12.1. The second-order valence-electron chi connectivity index (χ2n) is 5.64. The summed E-state index contributed by atoms with van der Waals surface area (Å²) in [6, 6.07) is 9.90. The van der Waals surface area contributed by atoms with Gasteiger partial charge in [-0.1, -0.05) is 13.3 Å². The molecule has 2 N–H and O–H groups in total. The Bertz CT molecular complexity index is 638. The lowest BCUT2D eigenvalue weighted by Crippen LogP contribution is -2.24. The number of nitrogens with zero attached hydrogens (tertiary/aromatic N) is 2. The topological polar surface area (TPSA) is 57.3 Å². The van der Waals surface area contributed by atoms with Crippen LogP contribution in [0.5, 0.6) is 0 Å². The van der Waals surface area contributed by atoms with E-state index < -0.39 is 0 Å². The molecule has 0 saturated heterocycles. The van der Waals surface area contributed by atoms with E-state index in [0.29, 0.717) is 12.1 Å². The molecule has 0 aliphatic rings. The van der Waals surface area contributed by atoms with Crippen LogP contribution in [0.3, 0.4) is 0 Å². The minimum Gasteiger partial charge on any atom is -0.378 e. The first-order chi connectivity index (χ1) is 11.1. The van der Waals surface area contributed by atoms with Crippen molar-refractivity contribution in [2.45, 2.75) is 19.8 Å². The highest BCUT2D eigenvalue weighted by Gasteiger charge is 2.06. The number of unbranched alkanes of at least 4 members (excludes halogenated alkanes) is 1. The van der Waals surface area contributed by atoms with Crippen molar-refractivity contribution < 1.29 is 4.79 Å². The first kappa shape index (κ1) is 16.8. The third-order valence-corrected chi connectivity index (χ3v) is 3.49. The molecule has 2 aromatic rings. The standard InChI is InChI=1S/C18H24N4O/c1-4-5-10-20-18(23)14-11-16(13-19-12-14)21-15-6-8-17(9-7-15)22(2)3/h6-9,11-13,21H,4-5,10H2,1-3H3,(H,20,23). The molecule has 122 valence electrons. The summed E-state index contributed by atoms with van der Waals surface area (Å²) in [5.41, 5.74) is 3.46. The number of carbonyl (C=O) groups excluding carboxylic acids is 1. The number of aromatic nitrogens is 1. The van der Waals surface area contributed by atoms with Gasteiger partial charge < -0.3 is 15.5 Å². The maximum Gasteiger partial charge on any atom is 0.252 e. The number of hydrogen-bond donors (Lipinski definition) is 2. The molecule has 1 heterocycles. The Hall–Kier alpha value is -2.56. The van der Waals surface area contributed by atoms with Crippen LogP contribution in [0.25, 0.3) is 0 Å². The van der Waals surface area contributed by atoms with Crippen LogP contribution in [0, 0.1) is 0 Å². The molecule has 2 rings (SSSR count). The van der Waals surface area contributed by atoms with E-state index in [2.05, 4.69) is 22.5 Å². The monoisotopic (exact) mass is 312 g/mol. The van der Waals surface area contributed by atoms with E-state index in [1.54, 1.807) is 12.4 Å². The normalized spacial score (nSPS) is 10.2. The fraction of sp³-hybridized carbons (Fsp3) is 0.333. The number of carbonyl (C=O) groups is 1. The van der Waals surface area contributed by atoms with E-state index in [-0.39, 0.29) is 5.91 Å². The third-order valence-electron chi connectivity index (χ3n) is 3.49. The summed E-state index contributed by atoms with van der Waals surface area (Å²) < 4.78 is 0. The fourth-order valence-corrected chi connectivity index (χ4v) is 2.12. The van der Waals surface area contributed by atoms with Crippen LogP contribution in [0.15, 0.2) is 42.7 Å². The average molecular weight is 312 g/mol. The molecular formula is C18H24N4O. The Kier molecular flexibility index (Phi) is 5.97. The van der Waals surface area contributed by atoms with E-state index in [9.17, 15) is 4.79 Å². The number of pyridine rings is 1. The number of benzene rings is 1. The van der Waals surface area contributed by atoms with E-state index in [1.807, 2.05) is 49.3 Å². The van der Waals surface area contributed by atoms with Gasteiger partial charge in [0.2, 0.25) is 0 Å². The van der Waals surface area contributed by atoms with Gasteiger partial charge in [-0.05, 0) is 36.8 Å². The van der Waals surface area contributed by atoms with Crippen LogP contribution in [0.1, 0.15) is 30.1 Å². The van der Waals surface area contributed by atoms with Crippen molar-refractivity contribution in [3.05, 3.63) is 48.3 Å². The number of anilines is 3. The molecule has 0 spiro atoms. The van der Waals surface area contributed by atoms with Gasteiger partial charge in [0.15, 0.2) is 0 Å². The van der Waals surface area contributed by atoms with Gasteiger partial charge in [-0.3, -0.25) is 9.78 Å².